The number of rotatable bonds is 7. The van der Waals surface area contributed by atoms with Crippen LogP contribution in [-0.2, 0) is 16.4 Å². The molecule has 6 nitrogen and oxygen atoms in total. The average Bonchev–Trinajstić information content (AvgIpc) is 2.60. The van der Waals surface area contributed by atoms with Gasteiger partial charge in [0.15, 0.2) is 9.84 Å². The molecule has 25 heavy (non-hydrogen) atoms. The van der Waals surface area contributed by atoms with Gasteiger partial charge in [-0.2, -0.15) is 0 Å². The van der Waals surface area contributed by atoms with E-state index in [0.717, 1.165) is 5.56 Å². The molecule has 134 valence electrons. The summed E-state index contributed by atoms with van der Waals surface area (Å²) in [7, 11) is -3.48. The third-order valence-corrected chi connectivity index (χ3v) is 5.27. The summed E-state index contributed by atoms with van der Waals surface area (Å²) in [6.45, 7) is 5.52. The molecule has 2 rings (SSSR count). The van der Waals surface area contributed by atoms with Crippen LogP contribution in [0.2, 0.25) is 0 Å². The van der Waals surface area contributed by atoms with E-state index in [0.29, 0.717) is 5.88 Å². The van der Waals surface area contributed by atoms with Gasteiger partial charge in [0, 0.05) is 18.3 Å². The molecule has 1 N–H and O–H groups in total. The highest BCUT2D eigenvalue weighted by molar-refractivity contribution is 7.91. The smallest absolute Gasteiger partial charge is 0.252 e. The predicted molar refractivity (Wildman–Crippen MR) is 95.3 cm³/mol. The Bertz CT molecular complexity index is 848. The second-order valence-electron chi connectivity index (χ2n) is 5.72. The molecule has 0 saturated heterocycles. The van der Waals surface area contributed by atoms with Crippen molar-refractivity contribution in [2.24, 2.45) is 0 Å². The van der Waals surface area contributed by atoms with Crippen molar-refractivity contribution in [2.75, 3.05) is 5.75 Å². The number of nitrogens with one attached hydrogen (secondary N) is 1. The summed E-state index contributed by atoms with van der Waals surface area (Å²) in [5.74, 6) is -0.0639. The van der Waals surface area contributed by atoms with Crippen molar-refractivity contribution >= 4 is 15.7 Å². The molecule has 0 fully saturated rings. The maximum atomic E-state index is 12.5. The van der Waals surface area contributed by atoms with Crippen molar-refractivity contribution in [3.8, 4) is 5.88 Å². The van der Waals surface area contributed by atoms with Crippen LogP contribution >= 0.6 is 0 Å². The number of nitrogens with zero attached hydrogens (tertiary/aromatic N) is 1. The fraction of sp³-hybridized carbons (Fsp3) is 0.333. The number of carbonyl (C=O) groups excluding carboxylic acids is 1. The van der Waals surface area contributed by atoms with Crippen molar-refractivity contribution in [1.29, 1.82) is 0 Å². The fourth-order valence-corrected chi connectivity index (χ4v) is 3.33. The van der Waals surface area contributed by atoms with Crippen LogP contribution in [0.25, 0.3) is 0 Å². The first-order valence-electron chi connectivity index (χ1n) is 8.05. The highest BCUT2D eigenvalue weighted by Gasteiger charge is 2.20. The number of hydrogen-bond acceptors (Lipinski definition) is 5. The SMILES string of the molecule is CCS(=O)(=O)c1ccccc1C(=O)NCc1cccnc1OC(C)C. The lowest BCUT2D eigenvalue weighted by atomic mass is 10.2. The summed E-state index contributed by atoms with van der Waals surface area (Å²) in [6.07, 6.45) is 1.58. The Morgan fingerprint density at radius 1 is 1.20 bits per heavy atom. The molecular weight excluding hydrogens is 340 g/mol. The number of hydrogen-bond donors (Lipinski definition) is 1. The van der Waals surface area contributed by atoms with Gasteiger partial charge in [-0.05, 0) is 32.0 Å². The Balaban J connectivity index is 2.20. The van der Waals surface area contributed by atoms with Gasteiger partial charge in [0.05, 0.1) is 22.3 Å². The van der Waals surface area contributed by atoms with Gasteiger partial charge < -0.3 is 10.1 Å². The van der Waals surface area contributed by atoms with Gasteiger partial charge in [-0.15, -0.1) is 0 Å². The van der Waals surface area contributed by atoms with Gasteiger partial charge >= 0.3 is 0 Å². The van der Waals surface area contributed by atoms with Gasteiger partial charge in [-0.1, -0.05) is 25.1 Å². The highest BCUT2D eigenvalue weighted by atomic mass is 32.2. The van der Waals surface area contributed by atoms with Crippen LogP contribution in [0.1, 0.15) is 36.7 Å². The van der Waals surface area contributed by atoms with Gasteiger partial charge in [0.2, 0.25) is 5.88 Å². The van der Waals surface area contributed by atoms with E-state index in [1.165, 1.54) is 12.1 Å². The first kappa shape index (κ1) is 18.9. The number of pyridine rings is 1. The Morgan fingerprint density at radius 3 is 2.60 bits per heavy atom. The molecule has 2 aromatic rings. The van der Waals surface area contributed by atoms with Crippen LogP contribution in [-0.4, -0.2) is 31.2 Å². The molecule has 1 amide bonds. The van der Waals surface area contributed by atoms with Crippen LogP contribution in [0.3, 0.4) is 0 Å². The third-order valence-electron chi connectivity index (χ3n) is 3.48. The maximum Gasteiger partial charge on any atom is 0.252 e. The van der Waals surface area contributed by atoms with E-state index in [2.05, 4.69) is 10.3 Å². The summed E-state index contributed by atoms with van der Waals surface area (Å²) < 4.78 is 30.0. The molecule has 0 aliphatic carbocycles. The zero-order valence-electron chi connectivity index (χ0n) is 14.5. The first-order chi connectivity index (χ1) is 11.8. The summed E-state index contributed by atoms with van der Waals surface area (Å²) >= 11 is 0. The molecule has 0 bridgehead atoms. The Hall–Kier alpha value is -2.41. The Labute approximate surface area is 148 Å². The summed E-state index contributed by atoms with van der Waals surface area (Å²) in [5, 5.41) is 2.74. The Morgan fingerprint density at radius 2 is 1.92 bits per heavy atom. The van der Waals surface area contributed by atoms with E-state index in [-0.39, 0.29) is 28.9 Å². The summed E-state index contributed by atoms with van der Waals surface area (Å²) in [5.41, 5.74) is 0.861. The van der Waals surface area contributed by atoms with Crippen molar-refractivity contribution in [3.63, 3.8) is 0 Å². The van der Waals surface area contributed by atoms with Crippen LogP contribution in [0.5, 0.6) is 5.88 Å². The van der Waals surface area contributed by atoms with Crippen molar-refractivity contribution in [3.05, 3.63) is 53.7 Å². The zero-order valence-corrected chi connectivity index (χ0v) is 15.3. The van der Waals surface area contributed by atoms with Gasteiger partial charge in [-0.3, -0.25) is 4.79 Å². The monoisotopic (exact) mass is 362 g/mol. The third kappa shape index (κ3) is 4.79. The second-order valence-corrected chi connectivity index (χ2v) is 7.96. The molecular formula is C18H22N2O4S. The van der Waals surface area contributed by atoms with E-state index < -0.39 is 15.7 Å². The van der Waals surface area contributed by atoms with E-state index in [4.69, 9.17) is 4.74 Å². The first-order valence-corrected chi connectivity index (χ1v) is 9.71. The molecule has 0 aliphatic rings. The molecule has 0 spiro atoms. The minimum absolute atomic E-state index is 0.0415. The molecule has 0 radical (unpaired) electrons. The van der Waals surface area contributed by atoms with E-state index in [1.54, 1.807) is 37.4 Å². The number of sulfone groups is 1. The second kappa shape index (κ2) is 8.11. The van der Waals surface area contributed by atoms with Crippen molar-refractivity contribution in [1.82, 2.24) is 10.3 Å². The topological polar surface area (TPSA) is 85.4 Å². The average molecular weight is 362 g/mol. The lowest BCUT2D eigenvalue weighted by Crippen LogP contribution is -2.25. The molecule has 7 heteroatoms. The molecule has 0 unspecified atom stereocenters. The lowest BCUT2D eigenvalue weighted by molar-refractivity contribution is 0.0947. The quantitative estimate of drug-likeness (QED) is 0.818. The van der Waals surface area contributed by atoms with Crippen molar-refractivity contribution in [2.45, 2.75) is 38.3 Å². The van der Waals surface area contributed by atoms with Crippen LogP contribution in [0, 0.1) is 0 Å². The largest absolute Gasteiger partial charge is 0.475 e. The minimum Gasteiger partial charge on any atom is -0.475 e. The van der Waals surface area contributed by atoms with E-state index in [9.17, 15) is 13.2 Å². The number of aromatic nitrogens is 1. The molecule has 0 aliphatic heterocycles. The number of carbonyl (C=O) groups is 1. The molecule has 0 saturated carbocycles. The normalized spacial score (nSPS) is 11.4. The van der Waals surface area contributed by atoms with Crippen molar-refractivity contribution < 1.29 is 17.9 Å². The van der Waals surface area contributed by atoms with Crippen LogP contribution in [0.15, 0.2) is 47.5 Å². The minimum atomic E-state index is -3.48. The summed E-state index contributed by atoms with van der Waals surface area (Å²) in [6, 6.07) is 9.76. The molecule has 0 atom stereocenters. The van der Waals surface area contributed by atoms with E-state index >= 15 is 0 Å². The Kier molecular flexibility index (Phi) is 6.14. The standard InChI is InChI=1S/C18H22N2O4S/c1-4-25(22,23)16-10-6-5-9-15(16)17(21)20-12-14-8-7-11-19-18(14)24-13(2)3/h5-11,13H,4,12H2,1-3H3,(H,20,21). The highest BCUT2D eigenvalue weighted by Crippen LogP contribution is 2.19. The van der Waals surface area contributed by atoms with Gasteiger partial charge in [-0.25, -0.2) is 13.4 Å². The number of amides is 1. The van der Waals surface area contributed by atoms with Gasteiger partial charge in [0.25, 0.3) is 5.91 Å². The summed E-state index contributed by atoms with van der Waals surface area (Å²) in [4.78, 5) is 16.7. The lowest BCUT2D eigenvalue weighted by Gasteiger charge is -2.14. The fourth-order valence-electron chi connectivity index (χ4n) is 2.24. The molecule has 1 aromatic carbocycles. The van der Waals surface area contributed by atoms with Gasteiger partial charge in [0.1, 0.15) is 0 Å². The number of ether oxygens (including phenoxy) is 1. The van der Waals surface area contributed by atoms with E-state index in [1.807, 2.05) is 13.8 Å². The van der Waals surface area contributed by atoms with Crippen LogP contribution in [0.4, 0.5) is 0 Å². The predicted octanol–water partition coefficient (Wildman–Crippen LogP) is 2.59. The maximum absolute atomic E-state index is 12.5. The molecule has 1 heterocycles. The number of benzene rings is 1. The van der Waals surface area contributed by atoms with Crippen LogP contribution < -0.4 is 10.1 Å². The zero-order chi connectivity index (χ0) is 18.4. The molecule has 1 aromatic heterocycles.